The van der Waals surface area contributed by atoms with Gasteiger partial charge in [-0.25, -0.2) is 9.38 Å². The summed E-state index contributed by atoms with van der Waals surface area (Å²) in [5.41, 5.74) is 0.796. The van der Waals surface area contributed by atoms with Gasteiger partial charge in [0, 0.05) is 19.6 Å². The van der Waals surface area contributed by atoms with Crippen molar-refractivity contribution in [1.29, 1.82) is 0 Å². The van der Waals surface area contributed by atoms with Crippen LogP contribution in [-0.2, 0) is 11.3 Å². The Morgan fingerprint density at radius 2 is 2.00 bits per heavy atom. The Bertz CT molecular complexity index is 547. The zero-order valence-electron chi connectivity index (χ0n) is 14.1. The highest BCUT2D eigenvalue weighted by Crippen LogP contribution is 2.08. The first-order valence-electron chi connectivity index (χ1n) is 8.23. The molecule has 2 rings (SSSR count). The molecule has 5 nitrogen and oxygen atoms in total. The van der Waals surface area contributed by atoms with Crippen LogP contribution >= 0.6 is 24.0 Å². The van der Waals surface area contributed by atoms with Crippen LogP contribution in [0.1, 0.15) is 31.7 Å². The van der Waals surface area contributed by atoms with Gasteiger partial charge in [0.15, 0.2) is 5.96 Å². The summed E-state index contributed by atoms with van der Waals surface area (Å²) >= 11 is 0. The Hall–Kier alpha value is -1.38. The number of aliphatic imine (C=N–C) groups is 1. The van der Waals surface area contributed by atoms with Crippen molar-refractivity contribution in [2.24, 2.45) is 4.99 Å². The Morgan fingerprint density at radius 3 is 2.67 bits per heavy atom. The van der Waals surface area contributed by atoms with Crippen LogP contribution in [0.4, 0.5) is 4.39 Å². The van der Waals surface area contributed by atoms with E-state index in [2.05, 4.69) is 15.6 Å². The van der Waals surface area contributed by atoms with Gasteiger partial charge >= 0.3 is 0 Å². The number of piperidine rings is 1. The third-order valence-corrected chi connectivity index (χ3v) is 3.77. The number of amides is 1. The number of benzene rings is 1. The maximum Gasteiger partial charge on any atom is 0.241 e. The normalized spacial score (nSPS) is 14.8. The number of rotatable bonds is 5. The molecule has 2 N–H and O–H groups in total. The highest BCUT2D eigenvalue weighted by molar-refractivity contribution is 14.0. The minimum atomic E-state index is -0.268. The molecule has 0 spiro atoms. The number of carbonyl (C=O) groups excluding carboxylic acids is 1. The predicted molar refractivity (Wildman–Crippen MR) is 105 cm³/mol. The SMILES string of the molecule is CCNC(=NCc1cccc(F)c1)NCC(=O)N1CCCCC1.I. The van der Waals surface area contributed by atoms with Crippen molar-refractivity contribution in [2.75, 3.05) is 26.2 Å². The number of carbonyl (C=O) groups is 1. The molecule has 7 heteroatoms. The van der Waals surface area contributed by atoms with Gasteiger partial charge in [0.1, 0.15) is 5.82 Å². The Kier molecular flexibility index (Phi) is 9.66. The molecule has 1 aliphatic rings. The summed E-state index contributed by atoms with van der Waals surface area (Å²) in [7, 11) is 0. The summed E-state index contributed by atoms with van der Waals surface area (Å²) in [6.45, 7) is 4.95. The van der Waals surface area contributed by atoms with E-state index in [1.54, 1.807) is 6.07 Å². The van der Waals surface area contributed by atoms with Gasteiger partial charge in [0.25, 0.3) is 0 Å². The zero-order valence-corrected chi connectivity index (χ0v) is 16.4. The first kappa shape index (κ1) is 20.7. The smallest absolute Gasteiger partial charge is 0.241 e. The average molecular weight is 448 g/mol. The van der Waals surface area contributed by atoms with Crippen LogP contribution in [0.25, 0.3) is 0 Å². The molecule has 134 valence electrons. The third kappa shape index (κ3) is 7.02. The summed E-state index contributed by atoms with van der Waals surface area (Å²) in [4.78, 5) is 18.5. The van der Waals surface area contributed by atoms with Crippen LogP contribution in [0.5, 0.6) is 0 Å². The molecular formula is C17H26FIN4O. The van der Waals surface area contributed by atoms with Crippen molar-refractivity contribution >= 4 is 35.8 Å². The highest BCUT2D eigenvalue weighted by Gasteiger charge is 2.16. The van der Waals surface area contributed by atoms with Crippen LogP contribution < -0.4 is 10.6 Å². The van der Waals surface area contributed by atoms with E-state index in [0.29, 0.717) is 19.0 Å². The number of guanidine groups is 1. The van der Waals surface area contributed by atoms with Crippen LogP contribution in [0.3, 0.4) is 0 Å². The van der Waals surface area contributed by atoms with Crippen LogP contribution in [-0.4, -0.2) is 42.9 Å². The van der Waals surface area contributed by atoms with E-state index in [9.17, 15) is 9.18 Å². The summed E-state index contributed by atoms with van der Waals surface area (Å²) in [6.07, 6.45) is 3.37. The van der Waals surface area contributed by atoms with Gasteiger partial charge < -0.3 is 15.5 Å². The second kappa shape index (κ2) is 11.2. The fourth-order valence-corrected chi connectivity index (χ4v) is 2.56. The molecule has 1 aliphatic heterocycles. The van der Waals surface area contributed by atoms with Crippen molar-refractivity contribution in [3.63, 3.8) is 0 Å². The largest absolute Gasteiger partial charge is 0.357 e. The van der Waals surface area contributed by atoms with Gasteiger partial charge in [-0.3, -0.25) is 4.79 Å². The maximum absolute atomic E-state index is 13.2. The van der Waals surface area contributed by atoms with Gasteiger partial charge in [-0.1, -0.05) is 12.1 Å². The molecule has 0 atom stereocenters. The maximum atomic E-state index is 13.2. The molecule has 0 aliphatic carbocycles. The lowest BCUT2D eigenvalue weighted by molar-refractivity contribution is -0.130. The molecule has 0 unspecified atom stereocenters. The third-order valence-electron chi connectivity index (χ3n) is 3.77. The molecule has 24 heavy (non-hydrogen) atoms. The van der Waals surface area contributed by atoms with Crippen molar-refractivity contribution in [3.8, 4) is 0 Å². The van der Waals surface area contributed by atoms with Gasteiger partial charge in [-0.15, -0.1) is 24.0 Å². The summed E-state index contributed by atoms with van der Waals surface area (Å²) in [5.74, 6) is 0.402. The van der Waals surface area contributed by atoms with Crippen molar-refractivity contribution in [1.82, 2.24) is 15.5 Å². The van der Waals surface area contributed by atoms with E-state index in [1.807, 2.05) is 17.9 Å². The van der Waals surface area contributed by atoms with Gasteiger partial charge in [0.05, 0.1) is 13.1 Å². The molecule has 0 radical (unpaired) electrons. The van der Waals surface area contributed by atoms with E-state index in [-0.39, 0.29) is 42.2 Å². The second-order valence-electron chi connectivity index (χ2n) is 5.62. The fraction of sp³-hybridized carbons (Fsp3) is 0.529. The number of nitrogens with zero attached hydrogens (tertiary/aromatic N) is 2. The van der Waals surface area contributed by atoms with Crippen molar-refractivity contribution < 1.29 is 9.18 Å². The summed E-state index contributed by atoms with van der Waals surface area (Å²) in [6, 6.07) is 6.37. The quantitative estimate of drug-likeness (QED) is 0.414. The predicted octanol–water partition coefficient (Wildman–Crippen LogP) is 2.51. The molecule has 1 aromatic rings. The Labute approximate surface area is 160 Å². The van der Waals surface area contributed by atoms with E-state index in [0.717, 1.165) is 31.5 Å². The molecule has 1 fully saturated rings. The van der Waals surface area contributed by atoms with E-state index in [1.165, 1.54) is 18.6 Å². The molecule has 0 saturated carbocycles. The van der Waals surface area contributed by atoms with E-state index >= 15 is 0 Å². The minimum Gasteiger partial charge on any atom is -0.357 e. The van der Waals surface area contributed by atoms with E-state index in [4.69, 9.17) is 0 Å². The lowest BCUT2D eigenvalue weighted by Crippen LogP contribution is -2.46. The molecule has 1 amide bonds. The molecular weight excluding hydrogens is 422 g/mol. The fourth-order valence-electron chi connectivity index (χ4n) is 2.56. The number of halogens is 2. The first-order valence-corrected chi connectivity index (χ1v) is 8.23. The van der Waals surface area contributed by atoms with Crippen molar-refractivity contribution in [3.05, 3.63) is 35.6 Å². The Morgan fingerprint density at radius 1 is 1.25 bits per heavy atom. The van der Waals surface area contributed by atoms with E-state index < -0.39 is 0 Å². The molecule has 1 heterocycles. The zero-order chi connectivity index (χ0) is 16.5. The van der Waals surface area contributed by atoms with Crippen LogP contribution in [0, 0.1) is 5.82 Å². The molecule has 1 aromatic carbocycles. The summed E-state index contributed by atoms with van der Waals surface area (Å²) < 4.78 is 13.2. The lowest BCUT2D eigenvalue weighted by atomic mass is 10.1. The van der Waals surface area contributed by atoms with Crippen LogP contribution in [0.2, 0.25) is 0 Å². The van der Waals surface area contributed by atoms with Gasteiger partial charge in [0.2, 0.25) is 5.91 Å². The van der Waals surface area contributed by atoms with Crippen LogP contribution in [0.15, 0.2) is 29.3 Å². The van der Waals surface area contributed by atoms with Gasteiger partial charge in [-0.05, 0) is 43.9 Å². The Balaban J connectivity index is 0.00000288. The monoisotopic (exact) mass is 448 g/mol. The minimum absolute atomic E-state index is 0. The van der Waals surface area contributed by atoms with Gasteiger partial charge in [-0.2, -0.15) is 0 Å². The lowest BCUT2D eigenvalue weighted by Gasteiger charge is -2.27. The number of likely N-dealkylation sites (tertiary alicyclic amines) is 1. The number of nitrogens with one attached hydrogen (secondary N) is 2. The summed E-state index contributed by atoms with van der Waals surface area (Å²) in [5, 5.41) is 6.16. The molecule has 0 aromatic heterocycles. The number of hydrogen-bond donors (Lipinski definition) is 2. The molecule has 1 saturated heterocycles. The number of hydrogen-bond acceptors (Lipinski definition) is 2. The standard InChI is InChI=1S/C17H25FN4O.HI/c1-2-19-17(20-12-14-7-6-8-15(18)11-14)21-13-16(23)22-9-4-3-5-10-22;/h6-8,11H,2-5,9-10,12-13H2,1H3,(H2,19,20,21);1H. The highest BCUT2D eigenvalue weighted by atomic mass is 127. The average Bonchev–Trinajstić information content (AvgIpc) is 2.58. The molecule has 0 bridgehead atoms. The topological polar surface area (TPSA) is 56.7 Å². The first-order chi connectivity index (χ1) is 11.2. The van der Waals surface area contributed by atoms with Crippen molar-refractivity contribution in [2.45, 2.75) is 32.7 Å². The second-order valence-corrected chi connectivity index (χ2v) is 5.62.